The molecular weight excluding hydrogens is 284 g/mol. The molecule has 0 saturated heterocycles. The molecule has 0 radical (unpaired) electrons. The van der Waals surface area contributed by atoms with Gasteiger partial charge in [-0.05, 0) is 32.4 Å². The minimum absolute atomic E-state index is 0. The second kappa shape index (κ2) is 7.96. The van der Waals surface area contributed by atoms with Crippen LogP contribution in [0, 0.1) is 0 Å². The fourth-order valence-electron chi connectivity index (χ4n) is 2.13. The molecule has 0 amide bonds. The third-order valence-electron chi connectivity index (χ3n) is 3.42. The van der Waals surface area contributed by atoms with Crippen molar-refractivity contribution >= 4 is 18.4 Å². The van der Waals surface area contributed by atoms with Crippen molar-refractivity contribution in [3.05, 3.63) is 42.1 Å². The molecule has 0 spiro atoms. The summed E-state index contributed by atoms with van der Waals surface area (Å²) in [5.41, 5.74) is 9.03. The van der Waals surface area contributed by atoms with Crippen LogP contribution < -0.4 is 10.6 Å². The van der Waals surface area contributed by atoms with Crippen LogP contribution in [0.3, 0.4) is 0 Å². The predicted molar refractivity (Wildman–Crippen MR) is 90.9 cm³/mol. The summed E-state index contributed by atoms with van der Waals surface area (Å²) in [5, 5.41) is 0. The van der Waals surface area contributed by atoms with Gasteiger partial charge in [0.15, 0.2) is 0 Å². The fourth-order valence-corrected chi connectivity index (χ4v) is 2.13. The topological polar surface area (TPSA) is 55.0 Å². The van der Waals surface area contributed by atoms with E-state index in [1.807, 2.05) is 19.2 Å². The van der Waals surface area contributed by atoms with Gasteiger partial charge >= 0.3 is 0 Å². The van der Waals surface area contributed by atoms with Crippen LogP contribution in [0.1, 0.15) is 32.4 Å². The van der Waals surface area contributed by atoms with Crippen molar-refractivity contribution < 1.29 is 0 Å². The van der Waals surface area contributed by atoms with Crippen molar-refractivity contribution in [2.75, 3.05) is 18.0 Å². The summed E-state index contributed by atoms with van der Waals surface area (Å²) in [6.07, 6.45) is 1.81. The molecule has 114 valence electrons. The van der Waals surface area contributed by atoms with Crippen LogP contribution in [0.15, 0.2) is 36.5 Å². The Labute approximate surface area is 132 Å². The normalized spacial score (nSPS) is 11.6. The molecule has 0 saturated carbocycles. The Bertz CT molecular complexity index is 550. The van der Waals surface area contributed by atoms with Gasteiger partial charge in [0, 0.05) is 30.9 Å². The Morgan fingerprint density at radius 3 is 2.24 bits per heavy atom. The van der Waals surface area contributed by atoms with Gasteiger partial charge in [0.25, 0.3) is 0 Å². The molecule has 0 fully saturated rings. The predicted octanol–water partition coefficient (Wildman–Crippen LogP) is 3.43. The van der Waals surface area contributed by atoms with E-state index < -0.39 is 0 Å². The molecule has 1 aromatic carbocycles. The lowest BCUT2D eigenvalue weighted by Gasteiger charge is -2.18. The maximum Gasteiger partial charge on any atom is 0.225 e. The van der Waals surface area contributed by atoms with Gasteiger partial charge in [0.2, 0.25) is 5.95 Å². The number of halogens is 1. The smallest absolute Gasteiger partial charge is 0.225 e. The second-order valence-corrected chi connectivity index (χ2v) is 4.82. The lowest BCUT2D eigenvalue weighted by atomic mass is 10.1. The van der Waals surface area contributed by atoms with Gasteiger partial charge in [0.1, 0.15) is 0 Å². The van der Waals surface area contributed by atoms with Crippen molar-refractivity contribution in [3.8, 4) is 11.3 Å². The first-order chi connectivity index (χ1) is 9.65. The summed E-state index contributed by atoms with van der Waals surface area (Å²) in [6, 6.07) is 10.2. The molecule has 0 aliphatic carbocycles. The summed E-state index contributed by atoms with van der Waals surface area (Å²) in [6.45, 7) is 8.01. The van der Waals surface area contributed by atoms with Crippen molar-refractivity contribution in [2.24, 2.45) is 5.73 Å². The van der Waals surface area contributed by atoms with Crippen LogP contribution in [-0.4, -0.2) is 23.1 Å². The molecule has 0 bridgehead atoms. The molecule has 2 aromatic rings. The van der Waals surface area contributed by atoms with Crippen molar-refractivity contribution in [2.45, 2.75) is 26.8 Å². The molecule has 1 heterocycles. The van der Waals surface area contributed by atoms with Gasteiger partial charge in [0.05, 0.1) is 5.69 Å². The minimum Gasteiger partial charge on any atom is -0.341 e. The van der Waals surface area contributed by atoms with Gasteiger partial charge in [-0.1, -0.05) is 24.3 Å². The molecule has 4 nitrogen and oxygen atoms in total. The highest BCUT2D eigenvalue weighted by Gasteiger charge is 2.07. The number of aromatic nitrogens is 2. The standard InChI is InChI=1S/C16H22N4.ClH/c1-4-20(5-2)16-18-11-10-15(19-16)14-8-6-13(7-9-14)12(3)17;/h6-12H,4-5,17H2,1-3H3;1H. The molecule has 21 heavy (non-hydrogen) atoms. The van der Waals surface area contributed by atoms with Crippen molar-refractivity contribution in [3.63, 3.8) is 0 Å². The molecule has 1 unspecified atom stereocenters. The van der Waals surface area contributed by atoms with Crippen LogP contribution in [0.5, 0.6) is 0 Å². The van der Waals surface area contributed by atoms with Gasteiger partial charge in [-0.15, -0.1) is 12.4 Å². The Morgan fingerprint density at radius 2 is 1.71 bits per heavy atom. The Hall–Kier alpha value is -1.65. The van der Waals surface area contributed by atoms with E-state index in [9.17, 15) is 0 Å². The van der Waals surface area contributed by atoms with Crippen LogP contribution in [0.2, 0.25) is 0 Å². The zero-order valence-corrected chi connectivity index (χ0v) is 13.6. The second-order valence-electron chi connectivity index (χ2n) is 4.82. The molecule has 2 rings (SSSR count). The molecular formula is C16H23ClN4. The summed E-state index contributed by atoms with van der Waals surface area (Å²) in [7, 11) is 0. The largest absolute Gasteiger partial charge is 0.341 e. The third-order valence-corrected chi connectivity index (χ3v) is 3.42. The Morgan fingerprint density at radius 1 is 1.10 bits per heavy atom. The van der Waals surface area contributed by atoms with E-state index >= 15 is 0 Å². The Kier molecular flexibility index (Phi) is 6.59. The van der Waals surface area contributed by atoms with E-state index in [1.165, 1.54) is 0 Å². The number of rotatable bonds is 5. The summed E-state index contributed by atoms with van der Waals surface area (Å²) >= 11 is 0. The van der Waals surface area contributed by atoms with Crippen molar-refractivity contribution in [1.29, 1.82) is 0 Å². The van der Waals surface area contributed by atoms with Crippen molar-refractivity contribution in [1.82, 2.24) is 9.97 Å². The number of nitrogens with two attached hydrogens (primary N) is 1. The minimum atomic E-state index is 0. The number of benzene rings is 1. The van der Waals surface area contributed by atoms with Crippen LogP contribution in [0.4, 0.5) is 5.95 Å². The first-order valence-corrected chi connectivity index (χ1v) is 7.09. The van der Waals surface area contributed by atoms with Gasteiger partial charge < -0.3 is 10.6 Å². The average Bonchev–Trinajstić information content (AvgIpc) is 2.49. The van der Waals surface area contributed by atoms with E-state index in [2.05, 4.69) is 53.0 Å². The number of hydrogen-bond acceptors (Lipinski definition) is 4. The maximum absolute atomic E-state index is 5.87. The van der Waals surface area contributed by atoms with E-state index in [1.54, 1.807) is 0 Å². The molecule has 1 aromatic heterocycles. The molecule has 2 N–H and O–H groups in total. The number of hydrogen-bond donors (Lipinski definition) is 1. The van der Waals surface area contributed by atoms with Crippen LogP contribution in [0.25, 0.3) is 11.3 Å². The maximum atomic E-state index is 5.87. The number of anilines is 1. The van der Waals surface area contributed by atoms with Gasteiger partial charge in [-0.2, -0.15) is 0 Å². The summed E-state index contributed by atoms with van der Waals surface area (Å²) < 4.78 is 0. The van der Waals surface area contributed by atoms with E-state index in [0.29, 0.717) is 0 Å². The molecule has 0 aliphatic heterocycles. The first kappa shape index (κ1) is 17.4. The fraction of sp³-hybridized carbons (Fsp3) is 0.375. The van der Waals surface area contributed by atoms with E-state index in [0.717, 1.165) is 35.9 Å². The summed E-state index contributed by atoms with van der Waals surface area (Å²) in [5.74, 6) is 0.781. The molecule has 5 heteroatoms. The van der Waals surface area contributed by atoms with Crippen LogP contribution >= 0.6 is 12.4 Å². The highest BCUT2D eigenvalue weighted by molar-refractivity contribution is 5.85. The lowest BCUT2D eigenvalue weighted by Crippen LogP contribution is -2.24. The van der Waals surface area contributed by atoms with Crippen LogP contribution in [-0.2, 0) is 0 Å². The molecule has 0 aliphatic rings. The monoisotopic (exact) mass is 306 g/mol. The first-order valence-electron chi connectivity index (χ1n) is 7.09. The zero-order valence-electron chi connectivity index (χ0n) is 12.8. The highest BCUT2D eigenvalue weighted by Crippen LogP contribution is 2.21. The SMILES string of the molecule is CCN(CC)c1nccc(-c2ccc(C(C)N)cc2)n1.Cl. The van der Waals surface area contributed by atoms with Gasteiger partial charge in [-0.25, -0.2) is 9.97 Å². The van der Waals surface area contributed by atoms with E-state index in [-0.39, 0.29) is 18.4 Å². The number of nitrogens with zero attached hydrogens (tertiary/aromatic N) is 3. The highest BCUT2D eigenvalue weighted by atomic mass is 35.5. The Balaban J connectivity index is 0.00000220. The lowest BCUT2D eigenvalue weighted by molar-refractivity contribution is 0.817. The summed E-state index contributed by atoms with van der Waals surface area (Å²) in [4.78, 5) is 11.1. The molecule has 1 atom stereocenters. The zero-order chi connectivity index (χ0) is 14.5. The quantitative estimate of drug-likeness (QED) is 0.919. The average molecular weight is 307 g/mol. The van der Waals surface area contributed by atoms with Gasteiger partial charge in [-0.3, -0.25) is 0 Å². The van der Waals surface area contributed by atoms with E-state index in [4.69, 9.17) is 5.73 Å². The third kappa shape index (κ3) is 4.16.